The zero-order valence-electron chi connectivity index (χ0n) is 9.96. The maximum absolute atomic E-state index is 12.1. The molecule has 3 N–H and O–H groups in total. The van der Waals surface area contributed by atoms with Gasteiger partial charge in [-0.15, -0.1) is 0 Å². The van der Waals surface area contributed by atoms with Gasteiger partial charge in [0.25, 0.3) is 10.0 Å². The first kappa shape index (κ1) is 13.6. The molecule has 0 bridgehead atoms. The van der Waals surface area contributed by atoms with Gasteiger partial charge < -0.3 is 5.73 Å². The summed E-state index contributed by atoms with van der Waals surface area (Å²) in [6, 6.07) is 4.71. The summed E-state index contributed by atoms with van der Waals surface area (Å²) in [6.45, 7) is 1.75. The summed E-state index contributed by atoms with van der Waals surface area (Å²) in [5.41, 5.74) is 6.15. The Balaban J connectivity index is 2.38. The van der Waals surface area contributed by atoms with Gasteiger partial charge >= 0.3 is 0 Å². The van der Waals surface area contributed by atoms with E-state index in [1.807, 2.05) is 0 Å². The van der Waals surface area contributed by atoms with Crippen LogP contribution >= 0.6 is 11.6 Å². The van der Waals surface area contributed by atoms with E-state index in [0.717, 1.165) is 6.20 Å². The van der Waals surface area contributed by atoms with Gasteiger partial charge in [0.15, 0.2) is 0 Å². The Bertz CT molecular complexity index is 718. The summed E-state index contributed by atoms with van der Waals surface area (Å²) in [6.07, 6.45) is 2.64. The van der Waals surface area contributed by atoms with Crippen LogP contribution in [0.25, 0.3) is 0 Å². The van der Waals surface area contributed by atoms with Crippen molar-refractivity contribution in [2.45, 2.75) is 11.8 Å². The van der Waals surface area contributed by atoms with E-state index in [1.54, 1.807) is 19.1 Å². The SMILES string of the molecule is Cc1cccnc1NS(=O)(=O)c1cnc(N)c(Cl)c1. The van der Waals surface area contributed by atoms with Crippen LogP contribution in [-0.2, 0) is 10.0 Å². The third-order valence-electron chi connectivity index (χ3n) is 2.40. The number of nitrogens with two attached hydrogens (primary N) is 1. The van der Waals surface area contributed by atoms with E-state index >= 15 is 0 Å². The van der Waals surface area contributed by atoms with Crippen molar-refractivity contribution in [3.8, 4) is 0 Å². The molecule has 0 aromatic carbocycles. The summed E-state index contributed by atoms with van der Waals surface area (Å²) in [7, 11) is -3.79. The molecule has 19 heavy (non-hydrogen) atoms. The first-order valence-corrected chi connectivity index (χ1v) is 7.12. The molecule has 2 aromatic rings. The molecule has 0 aliphatic heterocycles. The smallest absolute Gasteiger partial charge is 0.264 e. The minimum absolute atomic E-state index is 0.0725. The molecule has 0 aliphatic rings. The second kappa shape index (κ2) is 5.02. The zero-order valence-corrected chi connectivity index (χ0v) is 11.5. The molecule has 0 amide bonds. The number of rotatable bonds is 3. The number of pyridine rings is 2. The molecular formula is C11H11ClN4O2S. The average molecular weight is 299 g/mol. The maximum Gasteiger partial charge on any atom is 0.264 e. The van der Waals surface area contributed by atoms with Gasteiger partial charge in [0, 0.05) is 12.4 Å². The first-order chi connectivity index (χ1) is 8.90. The number of aromatic nitrogens is 2. The molecule has 2 heterocycles. The molecule has 0 fully saturated rings. The predicted molar refractivity (Wildman–Crippen MR) is 73.4 cm³/mol. The fraction of sp³-hybridized carbons (Fsp3) is 0.0909. The van der Waals surface area contributed by atoms with Gasteiger partial charge in [-0.2, -0.15) is 0 Å². The molecule has 0 atom stereocenters. The van der Waals surface area contributed by atoms with Gasteiger partial charge in [-0.1, -0.05) is 17.7 Å². The fourth-order valence-electron chi connectivity index (χ4n) is 1.36. The first-order valence-electron chi connectivity index (χ1n) is 5.25. The second-order valence-corrected chi connectivity index (χ2v) is 5.90. The van der Waals surface area contributed by atoms with Crippen LogP contribution in [0.1, 0.15) is 5.56 Å². The van der Waals surface area contributed by atoms with Gasteiger partial charge in [0.05, 0.1) is 5.02 Å². The molecule has 0 saturated carbocycles. The molecule has 2 rings (SSSR count). The van der Waals surface area contributed by atoms with Gasteiger partial charge in [-0.3, -0.25) is 4.72 Å². The van der Waals surface area contributed by atoms with Crippen LogP contribution in [0.4, 0.5) is 11.6 Å². The van der Waals surface area contributed by atoms with Crippen molar-refractivity contribution >= 4 is 33.3 Å². The summed E-state index contributed by atoms with van der Waals surface area (Å²) >= 11 is 5.76. The quantitative estimate of drug-likeness (QED) is 0.900. The summed E-state index contributed by atoms with van der Waals surface area (Å²) < 4.78 is 26.6. The molecule has 0 radical (unpaired) electrons. The Hall–Kier alpha value is -1.86. The van der Waals surface area contributed by atoms with Crippen LogP contribution in [0, 0.1) is 6.92 Å². The van der Waals surface area contributed by atoms with E-state index in [2.05, 4.69) is 14.7 Å². The van der Waals surface area contributed by atoms with Crippen molar-refractivity contribution in [3.63, 3.8) is 0 Å². The molecule has 0 spiro atoms. The fourth-order valence-corrected chi connectivity index (χ4v) is 2.64. The van der Waals surface area contributed by atoms with Crippen LogP contribution in [0.5, 0.6) is 0 Å². The highest BCUT2D eigenvalue weighted by Gasteiger charge is 2.17. The van der Waals surface area contributed by atoms with Crippen LogP contribution in [0.3, 0.4) is 0 Å². The van der Waals surface area contributed by atoms with Crippen LogP contribution in [0.2, 0.25) is 5.02 Å². The van der Waals surface area contributed by atoms with Crippen molar-refractivity contribution < 1.29 is 8.42 Å². The highest BCUT2D eigenvalue weighted by atomic mass is 35.5. The molecule has 0 aliphatic carbocycles. The molecule has 100 valence electrons. The highest BCUT2D eigenvalue weighted by molar-refractivity contribution is 7.92. The van der Waals surface area contributed by atoms with Crippen molar-refractivity contribution in [2.75, 3.05) is 10.5 Å². The van der Waals surface area contributed by atoms with Gasteiger partial charge in [-0.25, -0.2) is 18.4 Å². The Morgan fingerprint density at radius 3 is 2.74 bits per heavy atom. The van der Waals surface area contributed by atoms with E-state index < -0.39 is 10.0 Å². The van der Waals surface area contributed by atoms with Gasteiger partial charge in [0.1, 0.15) is 16.5 Å². The maximum atomic E-state index is 12.1. The van der Waals surface area contributed by atoms with Crippen LogP contribution in [-0.4, -0.2) is 18.4 Å². The Kier molecular flexibility index (Phi) is 3.59. The summed E-state index contributed by atoms with van der Waals surface area (Å²) in [4.78, 5) is 7.60. The van der Waals surface area contributed by atoms with Gasteiger partial charge in [0.2, 0.25) is 0 Å². The number of hydrogen-bond donors (Lipinski definition) is 2. The van der Waals surface area contributed by atoms with E-state index in [9.17, 15) is 8.42 Å². The molecule has 2 aromatic heterocycles. The van der Waals surface area contributed by atoms with E-state index in [4.69, 9.17) is 17.3 Å². The molecule has 6 nitrogen and oxygen atoms in total. The van der Waals surface area contributed by atoms with Crippen LogP contribution < -0.4 is 10.5 Å². The van der Waals surface area contributed by atoms with Crippen LogP contribution in [0.15, 0.2) is 35.5 Å². The average Bonchev–Trinajstić information content (AvgIpc) is 2.35. The monoisotopic (exact) mass is 298 g/mol. The standard InChI is InChI=1S/C11H11ClN4O2S/c1-7-3-2-4-14-11(7)16-19(17,18)8-5-9(12)10(13)15-6-8/h2-6H,1H3,(H2,13,15)(H,14,16). The molecule has 0 saturated heterocycles. The van der Waals surface area contributed by atoms with Crippen molar-refractivity contribution in [1.82, 2.24) is 9.97 Å². The third-order valence-corrected chi connectivity index (χ3v) is 4.00. The molecule has 0 unspecified atom stereocenters. The normalized spacial score (nSPS) is 11.3. The lowest BCUT2D eigenvalue weighted by atomic mass is 10.3. The molecular weight excluding hydrogens is 288 g/mol. The van der Waals surface area contributed by atoms with Gasteiger partial charge in [-0.05, 0) is 24.6 Å². The summed E-state index contributed by atoms with van der Waals surface area (Å²) in [5.74, 6) is 0.338. The molecule has 8 heteroatoms. The number of nitrogens with zero attached hydrogens (tertiary/aromatic N) is 2. The Morgan fingerprint density at radius 1 is 1.37 bits per heavy atom. The Morgan fingerprint density at radius 2 is 2.11 bits per heavy atom. The van der Waals surface area contributed by atoms with E-state index in [0.29, 0.717) is 5.56 Å². The number of sulfonamides is 1. The predicted octanol–water partition coefficient (Wildman–Crippen LogP) is 1.82. The zero-order chi connectivity index (χ0) is 14.0. The number of hydrogen-bond acceptors (Lipinski definition) is 5. The lowest BCUT2D eigenvalue weighted by molar-refractivity contribution is 0.600. The number of nitrogen functional groups attached to an aromatic ring is 1. The lowest BCUT2D eigenvalue weighted by Crippen LogP contribution is -2.15. The largest absolute Gasteiger partial charge is 0.382 e. The third kappa shape index (κ3) is 2.94. The topological polar surface area (TPSA) is 98.0 Å². The minimum atomic E-state index is -3.79. The van der Waals surface area contributed by atoms with E-state index in [1.165, 1.54) is 12.3 Å². The number of anilines is 2. The summed E-state index contributed by atoms with van der Waals surface area (Å²) in [5, 5.41) is 0.0839. The van der Waals surface area contributed by atoms with Crippen molar-refractivity contribution in [1.29, 1.82) is 0 Å². The number of aryl methyl sites for hydroxylation is 1. The second-order valence-electron chi connectivity index (χ2n) is 3.81. The van der Waals surface area contributed by atoms with Crippen molar-refractivity contribution in [3.05, 3.63) is 41.2 Å². The Labute approximate surface area is 115 Å². The van der Waals surface area contributed by atoms with E-state index in [-0.39, 0.29) is 21.6 Å². The number of nitrogens with one attached hydrogen (secondary N) is 1. The van der Waals surface area contributed by atoms with Crippen molar-refractivity contribution in [2.24, 2.45) is 0 Å². The number of halogens is 1. The highest BCUT2D eigenvalue weighted by Crippen LogP contribution is 2.22. The minimum Gasteiger partial charge on any atom is -0.382 e. The lowest BCUT2D eigenvalue weighted by Gasteiger charge is -2.09.